The van der Waals surface area contributed by atoms with E-state index in [2.05, 4.69) is 33.8 Å². The van der Waals surface area contributed by atoms with Crippen LogP contribution in [0.25, 0.3) is 0 Å². The van der Waals surface area contributed by atoms with Crippen LogP contribution in [0.2, 0.25) is 5.02 Å². The summed E-state index contributed by atoms with van der Waals surface area (Å²) in [6.07, 6.45) is 3.45. The van der Waals surface area contributed by atoms with E-state index in [1.165, 1.54) is 0 Å². The summed E-state index contributed by atoms with van der Waals surface area (Å²) in [5, 5.41) is 11.9. The van der Waals surface area contributed by atoms with E-state index >= 15 is 0 Å². The molecule has 7 heteroatoms. The summed E-state index contributed by atoms with van der Waals surface area (Å²) in [7, 11) is 0. The quantitative estimate of drug-likeness (QED) is 0.683. The zero-order valence-electron chi connectivity index (χ0n) is 19.3. The molecule has 1 aromatic heterocycles. The Labute approximate surface area is 205 Å². The van der Waals surface area contributed by atoms with Crippen molar-refractivity contribution < 1.29 is 14.6 Å². The predicted molar refractivity (Wildman–Crippen MR) is 131 cm³/mol. The molecule has 6 nitrogen and oxygen atoms in total. The number of nitrogens with zero attached hydrogens (tertiary/aromatic N) is 3. The smallest absolute Gasteiger partial charge is 0.187 e. The van der Waals surface area contributed by atoms with Crippen LogP contribution in [0.15, 0.2) is 36.4 Å². The zero-order valence-corrected chi connectivity index (χ0v) is 20.1. The topological polar surface area (TPSA) is 58.1 Å². The SMILES string of the molecule is OC1(C#Cc2cc(Cl)c(N3CCC4(C3)OCCO4)nc2Cc2ccccc2)CN2CCC1CC2. The number of ether oxygens (including phenoxy) is 2. The number of benzene rings is 1. The molecule has 1 atom stereocenters. The van der Waals surface area contributed by atoms with Crippen LogP contribution in [0.3, 0.4) is 0 Å². The fourth-order valence-electron chi connectivity index (χ4n) is 5.79. The predicted octanol–water partition coefficient (Wildman–Crippen LogP) is 3.09. The lowest BCUT2D eigenvalue weighted by molar-refractivity contribution is -0.137. The van der Waals surface area contributed by atoms with Crippen LogP contribution in [0, 0.1) is 17.8 Å². The van der Waals surface area contributed by atoms with E-state index in [4.69, 9.17) is 26.1 Å². The highest BCUT2D eigenvalue weighted by atomic mass is 35.5. The number of hydrogen-bond acceptors (Lipinski definition) is 6. The van der Waals surface area contributed by atoms with Gasteiger partial charge in [-0.15, -0.1) is 0 Å². The van der Waals surface area contributed by atoms with Crippen molar-refractivity contribution in [1.29, 1.82) is 0 Å². The van der Waals surface area contributed by atoms with Crippen LogP contribution in [0.4, 0.5) is 5.82 Å². The number of hydrogen-bond donors (Lipinski definition) is 1. The van der Waals surface area contributed by atoms with Crippen LogP contribution in [-0.4, -0.2) is 72.3 Å². The first-order valence-corrected chi connectivity index (χ1v) is 12.6. The highest BCUT2D eigenvalue weighted by Crippen LogP contribution is 2.37. The first-order valence-electron chi connectivity index (χ1n) is 12.3. The summed E-state index contributed by atoms with van der Waals surface area (Å²) >= 11 is 6.77. The van der Waals surface area contributed by atoms with Crippen molar-refractivity contribution in [3.8, 4) is 11.8 Å². The van der Waals surface area contributed by atoms with E-state index in [1.54, 1.807) is 0 Å². The zero-order chi connectivity index (χ0) is 23.2. The van der Waals surface area contributed by atoms with Gasteiger partial charge in [0.05, 0.1) is 30.5 Å². The molecule has 7 rings (SSSR count). The van der Waals surface area contributed by atoms with Gasteiger partial charge in [-0.25, -0.2) is 4.98 Å². The summed E-state index contributed by atoms with van der Waals surface area (Å²) in [5.41, 5.74) is 1.85. The van der Waals surface area contributed by atoms with Gasteiger partial charge in [-0.2, -0.15) is 0 Å². The minimum atomic E-state index is -0.968. The molecule has 1 spiro atoms. The van der Waals surface area contributed by atoms with Crippen molar-refractivity contribution in [2.75, 3.05) is 50.8 Å². The second kappa shape index (κ2) is 8.82. The fourth-order valence-corrected chi connectivity index (χ4v) is 6.06. The Morgan fingerprint density at radius 3 is 2.56 bits per heavy atom. The first-order chi connectivity index (χ1) is 16.5. The lowest BCUT2D eigenvalue weighted by Crippen LogP contribution is -2.58. The number of aliphatic hydroxyl groups is 1. The number of halogens is 1. The van der Waals surface area contributed by atoms with Gasteiger partial charge in [0.25, 0.3) is 0 Å². The van der Waals surface area contributed by atoms with Crippen molar-refractivity contribution in [2.45, 2.75) is 37.1 Å². The van der Waals surface area contributed by atoms with Gasteiger partial charge in [0.15, 0.2) is 5.79 Å². The van der Waals surface area contributed by atoms with E-state index in [-0.39, 0.29) is 5.92 Å². The van der Waals surface area contributed by atoms with E-state index in [0.29, 0.717) is 37.7 Å². The van der Waals surface area contributed by atoms with Gasteiger partial charge in [0.1, 0.15) is 11.4 Å². The third kappa shape index (κ3) is 4.21. The van der Waals surface area contributed by atoms with Crippen molar-refractivity contribution in [3.63, 3.8) is 0 Å². The Kier molecular flexibility index (Phi) is 5.79. The third-order valence-electron chi connectivity index (χ3n) is 7.70. The van der Waals surface area contributed by atoms with Crippen LogP contribution in [-0.2, 0) is 15.9 Å². The van der Waals surface area contributed by atoms with Gasteiger partial charge in [0.2, 0.25) is 0 Å². The molecule has 0 aliphatic carbocycles. The Morgan fingerprint density at radius 2 is 1.85 bits per heavy atom. The second-order valence-corrected chi connectivity index (χ2v) is 10.4. The Balaban J connectivity index is 1.34. The number of pyridine rings is 1. The Hall–Kier alpha value is -2.14. The molecule has 5 fully saturated rings. The van der Waals surface area contributed by atoms with Crippen molar-refractivity contribution in [2.24, 2.45) is 5.92 Å². The molecule has 5 saturated heterocycles. The molecular weight excluding hydrogens is 450 g/mol. The number of fused-ring (bicyclic) bond motifs is 3. The van der Waals surface area contributed by atoms with E-state index < -0.39 is 11.4 Å². The third-order valence-corrected chi connectivity index (χ3v) is 7.98. The summed E-state index contributed by atoms with van der Waals surface area (Å²) in [5.74, 6) is 6.97. The lowest BCUT2D eigenvalue weighted by Gasteiger charge is -2.47. The number of anilines is 1. The minimum absolute atomic E-state index is 0.234. The molecule has 1 N–H and O–H groups in total. The Morgan fingerprint density at radius 1 is 1.09 bits per heavy atom. The van der Waals surface area contributed by atoms with E-state index in [9.17, 15) is 5.11 Å². The molecule has 5 aliphatic heterocycles. The van der Waals surface area contributed by atoms with Crippen LogP contribution >= 0.6 is 11.6 Å². The molecule has 2 aromatic rings. The molecule has 1 unspecified atom stereocenters. The molecule has 0 radical (unpaired) electrons. The van der Waals surface area contributed by atoms with Crippen LogP contribution in [0.1, 0.15) is 36.1 Å². The number of piperidine rings is 3. The van der Waals surface area contributed by atoms with E-state index in [1.807, 2.05) is 24.3 Å². The summed E-state index contributed by atoms with van der Waals surface area (Å²) in [4.78, 5) is 9.49. The van der Waals surface area contributed by atoms with Gasteiger partial charge < -0.3 is 19.5 Å². The number of rotatable bonds is 3. The van der Waals surface area contributed by atoms with Crippen LogP contribution < -0.4 is 4.90 Å². The summed E-state index contributed by atoms with van der Waals surface area (Å²) in [6.45, 7) is 5.39. The Bertz CT molecular complexity index is 1120. The molecule has 5 aliphatic rings. The summed E-state index contributed by atoms with van der Waals surface area (Å²) < 4.78 is 11.8. The maximum Gasteiger partial charge on any atom is 0.187 e. The highest BCUT2D eigenvalue weighted by Gasteiger charge is 2.45. The summed E-state index contributed by atoms with van der Waals surface area (Å²) in [6, 6.07) is 12.2. The van der Waals surface area contributed by atoms with Crippen molar-refractivity contribution in [3.05, 3.63) is 58.2 Å². The molecule has 2 bridgehead atoms. The molecular formula is C27H30ClN3O3. The molecule has 0 saturated carbocycles. The fraction of sp³-hybridized carbons (Fsp3) is 0.519. The molecule has 6 heterocycles. The van der Waals surface area contributed by atoms with Gasteiger partial charge in [0, 0.05) is 37.4 Å². The van der Waals surface area contributed by atoms with Crippen molar-refractivity contribution in [1.82, 2.24) is 9.88 Å². The first kappa shape index (κ1) is 22.3. The van der Waals surface area contributed by atoms with Crippen LogP contribution in [0.5, 0.6) is 0 Å². The molecule has 178 valence electrons. The monoisotopic (exact) mass is 479 g/mol. The highest BCUT2D eigenvalue weighted by molar-refractivity contribution is 6.33. The maximum atomic E-state index is 11.3. The van der Waals surface area contributed by atoms with Gasteiger partial charge >= 0.3 is 0 Å². The molecule has 0 amide bonds. The molecule has 34 heavy (non-hydrogen) atoms. The average Bonchev–Trinajstić information content (AvgIpc) is 3.50. The minimum Gasteiger partial charge on any atom is -0.376 e. The second-order valence-electron chi connectivity index (χ2n) is 9.95. The van der Waals surface area contributed by atoms with E-state index in [0.717, 1.165) is 61.5 Å². The normalized spacial score (nSPS) is 29.4. The van der Waals surface area contributed by atoms with Gasteiger partial charge in [-0.3, -0.25) is 4.90 Å². The van der Waals surface area contributed by atoms with Gasteiger partial charge in [-0.05, 0) is 37.6 Å². The van der Waals surface area contributed by atoms with Crippen molar-refractivity contribution >= 4 is 17.4 Å². The molecule has 1 aromatic carbocycles. The van der Waals surface area contributed by atoms with Gasteiger partial charge in [-0.1, -0.05) is 53.8 Å². The maximum absolute atomic E-state index is 11.3. The standard InChI is InChI=1S/C27H30ClN3O3/c28-23-17-21(6-9-26(32)18-30-11-7-22(26)8-12-30)24(16-20-4-2-1-3-5-20)29-25(23)31-13-10-27(19-31)33-14-15-34-27/h1-5,17,22,32H,7-8,10-16,18-19H2. The lowest BCUT2D eigenvalue weighted by atomic mass is 9.75. The number of aromatic nitrogens is 1. The average molecular weight is 480 g/mol. The largest absolute Gasteiger partial charge is 0.376 e.